The van der Waals surface area contributed by atoms with Crippen LogP contribution in [0.15, 0.2) is 42.5 Å². The Kier molecular flexibility index (Phi) is 6.58. The van der Waals surface area contributed by atoms with Gasteiger partial charge in [0.2, 0.25) is 5.91 Å². The Bertz CT molecular complexity index is 779. The first kappa shape index (κ1) is 19.5. The number of methoxy groups -OCH3 is 1. The van der Waals surface area contributed by atoms with Crippen molar-refractivity contribution in [2.75, 3.05) is 32.1 Å². The molecule has 1 unspecified atom stereocenters. The molecular weight excluding hydrogens is 364 g/mol. The molecule has 1 aliphatic heterocycles. The molecule has 2 aromatic rings. The van der Waals surface area contributed by atoms with E-state index in [9.17, 15) is 4.79 Å². The molecular formula is C21H25ClN2O3. The quantitative estimate of drug-likeness (QED) is 0.757. The van der Waals surface area contributed by atoms with Gasteiger partial charge in [0.05, 0.1) is 25.9 Å². The summed E-state index contributed by atoms with van der Waals surface area (Å²) in [4.78, 5) is 14.8. The van der Waals surface area contributed by atoms with E-state index in [1.54, 1.807) is 25.3 Å². The average molecular weight is 389 g/mol. The van der Waals surface area contributed by atoms with Crippen LogP contribution in [0.1, 0.15) is 31.4 Å². The fraction of sp³-hybridized carbons (Fsp3) is 0.381. The molecule has 1 N–H and O–H groups in total. The number of halogens is 1. The van der Waals surface area contributed by atoms with Crippen LogP contribution in [0.5, 0.6) is 11.5 Å². The monoisotopic (exact) mass is 388 g/mol. The highest BCUT2D eigenvalue weighted by Gasteiger charge is 2.27. The van der Waals surface area contributed by atoms with Crippen molar-refractivity contribution in [1.82, 2.24) is 4.90 Å². The van der Waals surface area contributed by atoms with Crippen LogP contribution in [0.4, 0.5) is 5.69 Å². The Morgan fingerprint density at radius 2 is 2.04 bits per heavy atom. The van der Waals surface area contributed by atoms with Crippen molar-refractivity contribution < 1.29 is 14.3 Å². The number of hydrogen-bond acceptors (Lipinski definition) is 4. The fourth-order valence-electron chi connectivity index (χ4n) is 3.50. The molecule has 0 spiro atoms. The van der Waals surface area contributed by atoms with Crippen LogP contribution in [0, 0.1) is 0 Å². The molecule has 1 fully saturated rings. The highest BCUT2D eigenvalue weighted by atomic mass is 35.5. The molecule has 1 atom stereocenters. The van der Waals surface area contributed by atoms with Gasteiger partial charge in [0.1, 0.15) is 11.5 Å². The van der Waals surface area contributed by atoms with E-state index in [4.69, 9.17) is 21.1 Å². The second-order valence-corrected chi connectivity index (χ2v) is 6.96. The lowest BCUT2D eigenvalue weighted by Crippen LogP contribution is -2.33. The van der Waals surface area contributed by atoms with E-state index in [1.807, 2.05) is 19.1 Å². The minimum atomic E-state index is -0.0756. The molecule has 5 nitrogen and oxygen atoms in total. The van der Waals surface area contributed by atoms with E-state index in [2.05, 4.69) is 22.3 Å². The second kappa shape index (κ2) is 9.11. The molecule has 27 heavy (non-hydrogen) atoms. The van der Waals surface area contributed by atoms with E-state index < -0.39 is 0 Å². The first-order chi connectivity index (χ1) is 13.1. The SMILES string of the molecule is CCOc1ccc(C2CCCN2CC(=O)Nc2cc(Cl)ccc2OC)cc1. The Hall–Kier alpha value is -2.24. The molecule has 1 aliphatic rings. The van der Waals surface area contributed by atoms with Gasteiger partial charge in [0, 0.05) is 11.1 Å². The third kappa shape index (κ3) is 4.93. The summed E-state index contributed by atoms with van der Waals surface area (Å²) in [6.07, 6.45) is 2.12. The van der Waals surface area contributed by atoms with Gasteiger partial charge in [0.25, 0.3) is 0 Å². The third-order valence-corrected chi connectivity index (χ3v) is 4.96. The molecule has 0 aromatic heterocycles. The summed E-state index contributed by atoms with van der Waals surface area (Å²) in [6.45, 7) is 3.85. The number of amides is 1. The van der Waals surface area contributed by atoms with Gasteiger partial charge in [-0.1, -0.05) is 23.7 Å². The molecule has 2 aromatic carbocycles. The minimum Gasteiger partial charge on any atom is -0.495 e. The van der Waals surface area contributed by atoms with Gasteiger partial charge >= 0.3 is 0 Å². The predicted molar refractivity (Wildman–Crippen MR) is 108 cm³/mol. The van der Waals surface area contributed by atoms with E-state index >= 15 is 0 Å². The molecule has 3 rings (SSSR count). The largest absolute Gasteiger partial charge is 0.495 e. The summed E-state index contributed by atoms with van der Waals surface area (Å²) in [5.74, 6) is 1.39. The van der Waals surface area contributed by atoms with Crippen molar-refractivity contribution in [3.8, 4) is 11.5 Å². The number of carbonyl (C=O) groups is 1. The van der Waals surface area contributed by atoms with Crippen molar-refractivity contribution in [3.63, 3.8) is 0 Å². The summed E-state index contributed by atoms with van der Waals surface area (Å²) in [5, 5.41) is 3.47. The van der Waals surface area contributed by atoms with Gasteiger partial charge in [-0.3, -0.25) is 9.69 Å². The number of nitrogens with one attached hydrogen (secondary N) is 1. The fourth-order valence-corrected chi connectivity index (χ4v) is 3.67. The van der Waals surface area contributed by atoms with E-state index in [-0.39, 0.29) is 11.9 Å². The number of carbonyl (C=O) groups excluding carboxylic acids is 1. The van der Waals surface area contributed by atoms with Gasteiger partial charge in [-0.05, 0) is 62.2 Å². The standard InChI is InChI=1S/C21H25ClN2O3/c1-3-27-17-9-6-15(7-10-17)19-5-4-12-24(19)14-21(25)23-18-13-16(22)8-11-20(18)26-2/h6-11,13,19H,3-5,12,14H2,1-2H3,(H,23,25). The van der Waals surface area contributed by atoms with Crippen molar-refractivity contribution in [3.05, 3.63) is 53.1 Å². The summed E-state index contributed by atoms with van der Waals surface area (Å²) < 4.78 is 10.8. The van der Waals surface area contributed by atoms with E-state index in [1.165, 1.54) is 5.56 Å². The van der Waals surface area contributed by atoms with Crippen molar-refractivity contribution in [1.29, 1.82) is 0 Å². The Morgan fingerprint density at radius 3 is 2.74 bits per heavy atom. The number of anilines is 1. The minimum absolute atomic E-state index is 0.0756. The highest BCUT2D eigenvalue weighted by Crippen LogP contribution is 2.33. The second-order valence-electron chi connectivity index (χ2n) is 6.52. The Morgan fingerprint density at radius 1 is 1.26 bits per heavy atom. The molecule has 0 bridgehead atoms. The maximum absolute atomic E-state index is 12.6. The smallest absolute Gasteiger partial charge is 0.238 e. The van der Waals surface area contributed by atoms with Gasteiger partial charge in [-0.15, -0.1) is 0 Å². The number of likely N-dealkylation sites (tertiary alicyclic amines) is 1. The maximum Gasteiger partial charge on any atom is 0.238 e. The van der Waals surface area contributed by atoms with Crippen LogP contribution in [0.3, 0.4) is 0 Å². The molecule has 0 saturated carbocycles. The summed E-state index contributed by atoms with van der Waals surface area (Å²) >= 11 is 6.04. The third-order valence-electron chi connectivity index (χ3n) is 4.72. The van der Waals surface area contributed by atoms with Crippen LogP contribution in [-0.4, -0.2) is 37.6 Å². The lowest BCUT2D eigenvalue weighted by Gasteiger charge is -2.24. The van der Waals surface area contributed by atoms with Crippen molar-refractivity contribution in [2.24, 2.45) is 0 Å². The zero-order valence-electron chi connectivity index (χ0n) is 15.7. The normalized spacial score (nSPS) is 16.9. The topological polar surface area (TPSA) is 50.8 Å². The molecule has 1 amide bonds. The van der Waals surface area contributed by atoms with Gasteiger partial charge in [-0.25, -0.2) is 0 Å². The molecule has 1 heterocycles. The van der Waals surface area contributed by atoms with Crippen LogP contribution < -0.4 is 14.8 Å². The average Bonchev–Trinajstić information content (AvgIpc) is 3.11. The molecule has 1 saturated heterocycles. The highest BCUT2D eigenvalue weighted by molar-refractivity contribution is 6.31. The Labute approximate surface area is 165 Å². The van der Waals surface area contributed by atoms with Crippen molar-refractivity contribution in [2.45, 2.75) is 25.8 Å². The number of nitrogens with zero attached hydrogens (tertiary/aromatic N) is 1. The summed E-state index contributed by atoms with van der Waals surface area (Å²) in [5.41, 5.74) is 1.80. The molecule has 0 radical (unpaired) electrons. The molecule has 6 heteroatoms. The number of hydrogen-bond donors (Lipinski definition) is 1. The number of rotatable bonds is 7. The summed E-state index contributed by atoms with van der Waals surface area (Å²) in [7, 11) is 1.57. The number of benzene rings is 2. The lowest BCUT2D eigenvalue weighted by molar-refractivity contribution is -0.117. The van der Waals surface area contributed by atoms with Crippen LogP contribution in [0.2, 0.25) is 5.02 Å². The van der Waals surface area contributed by atoms with Crippen LogP contribution in [-0.2, 0) is 4.79 Å². The van der Waals surface area contributed by atoms with Crippen LogP contribution >= 0.6 is 11.6 Å². The zero-order valence-corrected chi connectivity index (χ0v) is 16.5. The van der Waals surface area contributed by atoms with Crippen LogP contribution in [0.25, 0.3) is 0 Å². The van der Waals surface area contributed by atoms with E-state index in [0.717, 1.165) is 25.1 Å². The van der Waals surface area contributed by atoms with Gasteiger partial charge in [0.15, 0.2) is 0 Å². The van der Waals surface area contributed by atoms with Gasteiger partial charge in [-0.2, -0.15) is 0 Å². The van der Waals surface area contributed by atoms with Gasteiger partial charge < -0.3 is 14.8 Å². The Balaban J connectivity index is 1.65. The first-order valence-electron chi connectivity index (χ1n) is 9.21. The summed E-state index contributed by atoms with van der Waals surface area (Å²) in [6, 6.07) is 13.6. The van der Waals surface area contributed by atoms with Crippen molar-refractivity contribution >= 4 is 23.2 Å². The predicted octanol–water partition coefficient (Wildman–Crippen LogP) is 4.52. The molecule has 144 valence electrons. The zero-order chi connectivity index (χ0) is 19.2. The molecule has 0 aliphatic carbocycles. The lowest BCUT2D eigenvalue weighted by atomic mass is 10.0. The van der Waals surface area contributed by atoms with E-state index in [0.29, 0.717) is 29.6 Å². The number of ether oxygens (including phenoxy) is 2. The first-order valence-corrected chi connectivity index (χ1v) is 9.58. The maximum atomic E-state index is 12.6.